The zero-order valence-electron chi connectivity index (χ0n) is 20.6. The quantitative estimate of drug-likeness (QED) is 0.423. The highest BCUT2D eigenvalue weighted by Gasteiger charge is 2.22. The zero-order valence-corrected chi connectivity index (χ0v) is 20.6. The van der Waals surface area contributed by atoms with Crippen LogP contribution >= 0.6 is 0 Å². The van der Waals surface area contributed by atoms with Crippen molar-refractivity contribution in [2.75, 3.05) is 38.7 Å². The molecule has 2 aromatic carbocycles. The monoisotopic (exact) mass is 484 g/mol. The number of methoxy groups -OCH3 is 1. The van der Waals surface area contributed by atoms with Gasteiger partial charge in [0, 0.05) is 31.3 Å². The third-order valence-corrected chi connectivity index (χ3v) is 6.18. The van der Waals surface area contributed by atoms with E-state index in [0.717, 1.165) is 18.4 Å². The van der Waals surface area contributed by atoms with Crippen molar-refractivity contribution in [2.45, 2.75) is 45.1 Å². The van der Waals surface area contributed by atoms with Crippen LogP contribution in [0.5, 0.6) is 11.5 Å². The second-order valence-electron chi connectivity index (χ2n) is 8.74. The van der Waals surface area contributed by atoms with Crippen LogP contribution in [0, 0.1) is 5.92 Å². The summed E-state index contributed by atoms with van der Waals surface area (Å²) in [6.45, 7) is 3.64. The second kappa shape index (κ2) is 13.6. The molecule has 0 saturated heterocycles. The predicted molar refractivity (Wildman–Crippen MR) is 134 cm³/mol. The number of aliphatic carboxylic acids is 1. The third kappa shape index (κ3) is 8.47. The summed E-state index contributed by atoms with van der Waals surface area (Å²) in [6, 6.07) is 14.5. The van der Waals surface area contributed by atoms with Gasteiger partial charge in [0.25, 0.3) is 0 Å². The number of carboxylic acid groups (broad SMARTS) is 1. The van der Waals surface area contributed by atoms with Gasteiger partial charge in [0.2, 0.25) is 0 Å². The molecule has 3 rings (SSSR count). The van der Waals surface area contributed by atoms with Crippen LogP contribution in [-0.2, 0) is 16.0 Å². The number of carbonyl (C=O) groups excluding carboxylic acids is 1. The van der Waals surface area contributed by atoms with Crippen molar-refractivity contribution in [1.29, 1.82) is 0 Å². The van der Waals surface area contributed by atoms with Crippen LogP contribution in [0.3, 0.4) is 0 Å². The Labute approximate surface area is 207 Å². The summed E-state index contributed by atoms with van der Waals surface area (Å²) in [5, 5.41) is 12.2. The minimum Gasteiger partial charge on any atom is -0.497 e. The molecule has 2 amide bonds. The van der Waals surface area contributed by atoms with E-state index in [9.17, 15) is 14.7 Å². The van der Waals surface area contributed by atoms with E-state index >= 15 is 0 Å². The van der Waals surface area contributed by atoms with E-state index in [1.807, 2.05) is 47.4 Å². The van der Waals surface area contributed by atoms with E-state index in [1.54, 1.807) is 20.1 Å². The van der Waals surface area contributed by atoms with Gasteiger partial charge in [-0.1, -0.05) is 31.0 Å². The number of amides is 2. The first-order chi connectivity index (χ1) is 17.0. The summed E-state index contributed by atoms with van der Waals surface area (Å²) >= 11 is 0. The van der Waals surface area contributed by atoms with E-state index in [4.69, 9.17) is 14.2 Å². The van der Waals surface area contributed by atoms with E-state index in [-0.39, 0.29) is 6.03 Å². The summed E-state index contributed by atoms with van der Waals surface area (Å²) in [5.74, 6) is 0.901. The van der Waals surface area contributed by atoms with Crippen LogP contribution in [0.2, 0.25) is 0 Å². The van der Waals surface area contributed by atoms with Gasteiger partial charge in [0.05, 0.1) is 13.7 Å². The lowest BCUT2D eigenvalue weighted by molar-refractivity contribution is -0.149. The molecule has 8 nitrogen and oxygen atoms in total. The number of hydrogen-bond acceptors (Lipinski definition) is 5. The van der Waals surface area contributed by atoms with Crippen molar-refractivity contribution in [3.63, 3.8) is 0 Å². The van der Waals surface area contributed by atoms with Gasteiger partial charge in [-0.2, -0.15) is 0 Å². The lowest BCUT2D eigenvalue weighted by atomic mass is 10.1. The molecule has 0 aliphatic heterocycles. The maximum atomic E-state index is 13.1. The van der Waals surface area contributed by atoms with Crippen LogP contribution in [0.15, 0.2) is 48.5 Å². The van der Waals surface area contributed by atoms with Gasteiger partial charge >= 0.3 is 12.0 Å². The van der Waals surface area contributed by atoms with E-state index in [1.165, 1.54) is 12.8 Å². The van der Waals surface area contributed by atoms with Gasteiger partial charge < -0.3 is 29.5 Å². The highest BCUT2D eigenvalue weighted by molar-refractivity contribution is 5.89. The van der Waals surface area contributed by atoms with Gasteiger partial charge in [-0.3, -0.25) is 0 Å². The molecule has 0 bridgehead atoms. The number of ether oxygens (including phenoxy) is 3. The molecule has 1 fully saturated rings. The van der Waals surface area contributed by atoms with Gasteiger partial charge in [0.1, 0.15) is 18.1 Å². The maximum Gasteiger partial charge on any atom is 0.333 e. The average molecular weight is 485 g/mol. The molecule has 2 N–H and O–H groups in total. The fourth-order valence-corrected chi connectivity index (χ4v) is 4.31. The normalized spacial score (nSPS) is 14.3. The molecular weight excluding hydrogens is 448 g/mol. The molecular formula is C27H36N2O6. The summed E-state index contributed by atoms with van der Waals surface area (Å²) in [7, 11) is 1.60. The SMILES string of the molecule is CCOC(Cc1ccc(OCCN(CC2CCCC2)C(=O)Nc2cccc(OC)c2)cc1)C(=O)O. The molecule has 0 radical (unpaired) electrons. The fraction of sp³-hybridized carbons (Fsp3) is 0.481. The number of carboxylic acids is 1. The number of hydrogen-bond donors (Lipinski definition) is 2. The predicted octanol–water partition coefficient (Wildman–Crippen LogP) is 4.83. The highest BCUT2D eigenvalue weighted by atomic mass is 16.5. The largest absolute Gasteiger partial charge is 0.497 e. The zero-order chi connectivity index (χ0) is 25.0. The van der Waals surface area contributed by atoms with Gasteiger partial charge in [-0.15, -0.1) is 0 Å². The minimum absolute atomic E-state index is 0.153. The number of rotatable bonds is 13. The Morgan fingerprint density at radius 2 is 1.86 bits per heavy atom. The Hall–Kier alpha value is -3.26. The van der Waals surface area contributed by atoms with E-state index < -0.39 is 12.1 Å². The van der Waals surface area contributed by atoms with Crippen molar-refractivity contribution in [3.8, 4) is 11.5 Å². The van der Waals surface area contributed by atoms with Crippen LogP contribution in [0.25, 0.3) is 0 Å². The highest BCUT2D eigenvalue weighted by Crippen LogP contribution is 2.26. The molecule has 8 heteroatoms. The maximum absolute atomic E-state index is 13.1. The van der Waals surface area contributed by atoms with Crippen molar-refractivity contribution < 1.29 is 28.9 Å². The Bertz CT molecular complexity index is 943. The molecule has 0 spiro atoms. The molecule has 190 valence electrons. The van der Waals surface area contributed by atoms with Crippen molar-refractivity contribution in [2.24, 2.45) is 5.92 Å². The molecule has 2 aromatic rings. The number of nitrogens with one attached hydrogen (secondary N) is 1. The molecule has 1 saturated carbocycles. The Kier molecular flexibility index (Phi) is 10.2. The van der Waals surface area contributed by atoms with Gasteiger partial charge in [0.15, 0.2) is 6.10 Å². The number of anilines is 1. The Balaban J connectivity index is 1.55. The first kappa shape index (κ1) is 26.3. The number of benzene rings is 2. The summed E-state index contributed by atoms with van der Waals surface area (Å²) in [4.78, 5) is 26.2. The summed E-state index contributed by atoms with van der Waals surface area (Å²) in [6.07, 6.45) is 4.15. The topological polar surface area (TPSA) is 97.3 Å². The average Bonchev–Trinajstić information content (AvgIpc) is 3.37. The summed E-state index contributed by atoms with van der Waals surface area (Å²) in [5.41, 5.74) is 1.55. The minimum atomic E-state index is -0.971. The lowest BCUT2D eigenvalue weighted by Crippen LogP contribution is -2.40. The Morgan fingerprint density at radius 3 is 2.51 bits per heavy atom. The van der Waals surface area contributed by atoms with Crippen LogP contribution < -0.4 is 14.8 Å². The molecule has 0 heterocycles. The van der Waals surface area contributed by atoms with Crippen LogP contribution in [-0.4, -0.2) is 61.5 Å². The van der Waals surface area contributed by atoms with Gasteiger partial charge in [-0.25, -0.2) is 9.59 Å². The van der Waals surface area contributed by atoms with E-state index in [0.29, 0.717) is 55.8 Å². The van der Waals surface area contributed by atoms with Crippen molar-refractivity contribution in [3.05, 3.63) is 54.1 Å². The third-order valence-electron chi connectivity index (χ3n) is 6.18. The molecule has 1 atom stereocenters. The fourth-order valence-electron chi connectivity index (χ4n) is 4.31. The molecule has 1 unspecified atom stereocenters. The van der Waals surface area contributed by atoms with E-state index in [2.05, 4.69) is 5.32 Å². The smallest absolute Gasteiger partial charge is 0.333 e. The van der Waals surface area contributed by atoms with Crippen molar-refractivity contribution in [1.82, 2.24) is 4.90 Å². The molecule has 1 aliphatic carbocycles. The molecule has 1 aliphatic rings. The summed E-state index contributed by atoms with van der Waals surface area (Å²) < 4.78 is 16.4. The van der Waals surface area contributed by atoms with Crippen LogP contribution in [0.4, 0.5) is 10.5 Å². The first-order valence-electron chi connectivity index (χ1n) is 12.2. The number of nitrogens with zero attached hydrogens (tertiary/aromatic N) is 1. The second-order valence-corrected chi connectivity index (χ2v) is 8.74. The molecule has 35 heavy (non-hydrogen) atoms. The Morgan fingerprint density at radius 1 is 1.11 bits per heavy atom. The van der Waals surface area contributed by atoms with Crippen LogP contribution in [0.1, 0.15) is 38.2 Å². The number of carbonyl (C=O) groups is 2. The first-order valence-corrected chi connectivity index (χ1v) is 12.2. The van der Waals surface area contributed by atoms with Crippen molar-refractivity contribution >= 4 is 17.7 Å². The standard InChI is InChI=1S/C27H36N2O6/c1-3-34-25(26(30)31)17-20-11-13-23(14-12-20)35-16-15-29(19-21-7-4-5-8-21)27(32)28-22-9-6-10-24(18-22)33-2/h6,9-14,18,21,25H,3-5,7-8,15-17,19H2,1-2H3,(H,28,32)(H,30,31). The van der Waals surface area contributed by atoms with Gasteiger partial charge in [-0.05, 0) is 55.5 Å². The molecule has 0 aromatic heterocycles. The lowest BCUT2D eigenvalue weighted by Gasteiger charge is -2.26. The number of urea groups is 1.